The molecule has 2 aliphatic heterocycles. The van der Waals surface area contributed by atoms with Crippen LogP contribution in [0.2, 0.25) is 0 Å². The first-order chi connectivity index (χ1) is 13.0. The summed E-state index contributed by atoms with van der Waals surface area (Å²) in [6.45, 7) is 5.73. The highest BCUT2D eigenvalue weighted by molar-refractivity contribution is 6.08. The van der Waals surface area contributed by atoms with E-state index in [2.05, 4.69) is 6.92 Å². The van der Waals surface area contributed by atoms with Crippen LogP contribution in [0.15, 0.2) is 54.6 Å². The van der Waals surface area contributed by atoms with Gasteiger partial charge < -0.3 is 19.1 Å². The summed E-state index contributed by atoms with van der Waals surface area (Å²) in [7, 11) is 1.63. The number of ether oxygens (including phenoxy) is 3. The van der Waals surface area contributed by atoms with Gasteiger partial charge in [0.15, 0.2) is 5.60 Å². The van der Waals surface area contributed by atoms with Gasteiger partial charge in [0.05, 0.1) is 33.0 Å². The zero-order valence-corrected chi connectivity index (χ0v) is 16.0. The number of benzene rings is 2. The van der Waals surface area contributed by atoms with Gasteiger partial charge in [-0.05, 0) is 36.8 Å². The van der Waals surface area contributed by atoms with Crippen molar-refractivity contribution in [3.63, 3.8) is 0 Å². The van der Waals surface area contributed by atoms with E-state index in [9.17, 15) is 4.79 Å². The molecule has 0 aliphatic carbocycles. The topological polar surface area (TPSA) is 48.0 Å². The minimum atomic E-state index is -0.867. The van der Waals surface area contributed by atoms with Crippen LogP contribution < -0.4 is 9.64 Å². The molecule has 5 heteroatoms. The Labute approximate surface area is 159 Å². The van der Waals surface area contributed by atoms with Gasteiger partial charge in [-0.1, -0.05) is 37.3 Å². The molecule has 142 valence electrons. The van der Waals surface area contributed by atoms with Gasteiger partial charge in [-0.15, -0.1) is 0 Å². The monoisotopic (exact) mass is 367 g/mol. The molecule has 0 N–H and O–H groups in total. The number of methoxy groups -OCH3 is 1. The molecule has 0 radical (unpaired) electrons. The van der Waals surface area contributed by atoms with Gasteiger partial charge in [0, 0.05) is 11.1 Å². The van der Waals surface area contributed by atoms with Crippen molar-refractivity contribution < 1.29 is 19.0 Å². The molecule has 2 fully saturated rings. The quantitative estimate of drug-likeness (QED) is 0.734. The third-order valence-corrected chi connectivity index (χ3v) is 5.68. The molecule has 0 aromatic heterocycles. The van der Waals surface area contributed by atoms with Gasteiger partial charge in [-0.2, -0.15) is 0 Å². The molecular formula is C22H25NO4. The second kappa shape index (κ2) is 6.66. The molecule has 4 rings (SSSR count). The number of anilines is 1. The van der Waals surface area contributed by atoms with E-state index in [-0.39, 0.29) is 17.4 Å². The maximum Gasteiger partial charge on any atom is 0.261 e. The molecule has 2 aromatic rings. The van der Waals surface area contributed by atoms with E-state index in [0.29, 0.717) is 19.8 Å². The van der Waals surface area contributed by atoms with Gasteiger partial charge in [-0.25, -0.2) is 0 Å². The Balaban J connectivity index is 1.60. The Morgan fingerprint density at radius 1 is 1.07 bits per heavy atom. The average Bonchev–Trinajstić information content (AvgIpc) is 2.69. The zero-order valence-electron chi connectivity index (χ0n) is 16.0. The van der Waals surface area contributed by atoms with Crippen molar-refractivity contribution >= 4 is 11.6 Å². The predicted molar refractivity (Wildman–Crippen MR) is 103 cm³/mol. The van der Waals surface area contributed by atoms with E-state index >= 15 is 0 Å². The fourth-order valence-corrected chi connectivity index (χ4v) is 4.17. The Morgan fingerprint density at radius 2 is 1.74 bits per heavy atom. The van der Waals surface area contributed by atoms with Crippen LogP contribution in [0.4, 0.5) is 5.69 Å². The van der Waals surface area contributed by atoms with E-state index in [0.717, 1.165) is 17.0 Å². The number of carbonyl (C=O) groups is 1. The van der Waals surface area contributed by atoms with E-state index in [1.165, 1.54) is 0 Å². The third-order valence-electron chi connectivity index (χ3n) is 5.68. The van der Waals surface area contributed by atoms with E-state index in [4.69, 9.17) is 14.2 Å². The highest BCUT2D eigenvalue weighted by Gasteiger charge is 2.67. The maximum atomic E-state index is 13.2. The molecule has 2 atom stereocenters. The molecule has 5 nitrogen and oxygen atoms in total. The molecular weight excluding hydrogens is 342 g/mol. The Hall–Kier alpha value is -2.37. The first-order valence-electron chi connectivity index (χ1n) is 9.21. The number of amides is 1. The standard InChI is InChI=1S/C22H25NO4/c1-21(14-26-15-21)19-22(2,27-13-16-7-5-4-6-8-16)20(24)23(19)17-9-11-18(25-3)12-10-17/h4-12,19H,13-15H2,1-3H3. The van der Waals surface area contributed by atoms with Crippen molar-refractivity contribution in [2.45, 2.75) is 32.1 Å². The van der Waals surface area contributed by atoms with Crippen molar-refractivity contribution in [3.05, 3.63) is 60.2 Å². The molecule has 2 heterocycles. The van der Waals surface area contributed by atoms with Crippen LogP contribution in [-0.4, -0.2) is 37.9 Å². The molecule has 27 heavy (non-hydrogen) atoms. The molecule has 1 amide bonds. The number of rotatable bonds is 6. The van der Waals surface area contributed by atoms with Crippen LogP contribution in [0.3, 0.4) is 0 Å². The summed E-state index contributed by atoms with van der Waals surface area (Å²) in [4.78, 5) is 15.0. The second-order valence-electron chi connectivity index (χ2n) is 7.80. The first kappa shape index (κ1) is 18.0. The number of carbonyl (C=O) groups excluding carboxylic acids is 1. The molecule has 2 saturated heterocycles. The molecule has 2 unspecified atom stereocenters. The molecule has 0 bridgehead atoms. The predicted octanol–water partition coefficient (Wildman–Crippen LogP) is 3.42. The minimum Gasteiger partial charge on any atom is -0.497 e. The van der Waals surface area contributed by atoms with Gasteiger partial charge in [0.1, 0.15) is 5.75 Å². The van der Waals surface area contributed by atoms with Crippen LogP contribution in [0.5, 0.6) is 5.75 Å². The van der Waals surface area contributed by atoms with E-state index < -0.39 is 5.60 Å². The van der Waals surface area contributed by atoms with Crippen LogP contribution in [-0.2, 0) is 20.9 Å². The highest BCUT2D eigenvalue weighted by atomic mass is 16.5. The Bertz CT molecular complexity index is 816. The summed E-state index contributed by atoms with van der Waals surface area (Å²) in [5, 5.41) is 0. The normalized spacial score (nSPS) is 26.3. The number of hydrogen-bond acceptors (Lipinski definition) is 4. The number of nitrogens with zero attached hydrogens (tertiary/aromatic N) is 1. The Morgan fingerprint density at radius 3 is 2.30 bits per heavy atom. The molecule has 2 aromatic carbocycles. The molecule has 0 spiro atoms. The summed E-state index contributed by atoms with van der Waals surface area (Å²) in [5.74, 6) is 0.756. The van der Waals surface area contributed by atoms with Crippen molar-refractivity contribution in [2.75, 3.05) is 25.2 Å². The average molecular weight is 367 g/mol. The van der Waals surface area contributed by atoms with Crippen molar-refractivity contribution in [1.82, 2.24) is 0 Å². The minimum absolute atomic E-state index is 0.0123. The highest BCUT2D eigenvalue weighted by Crippen LogP contribution is 2.50. The van der Waals surface area contributed by atoms with Crippen LogP contribution >= 0.6 is 0 Å². The second-order valence-corrected chi connectivity index (χ2v) is 7.80. The lowest BCUT2D eigenvalue weighted by molar-refractivity contribution is -0.202. The largest absolute Gasteiger partial charge is 0.497 e. The van der Waals surface area contributed by atoms with Gasteiger partial charge in [0.25, 0.3) is 5.91 Å². The van der Waals surface area contributed by atoms with Crippen molar-refractivity contribution in [3.8, 4) is 5.75 Å². The fourth-order valence-electron chi connectivity index (χ4n) is 4.17. The van der Waals surface area contributed by atoms with Gasteiger partial charge in [-0.3, -0.25) is 4.79 Å². The van der Waals surface area contributed by atoms with Gasteiger partial charge >= 0.3 is 0 Å². The van der Waals surface area contributed by atoms with Crippen LogP contribution in [0, 0.1) is 5.41 Å². The summed E-state index contributed by atoms with van der Waals surface area (Å²) in [5.41, 5.74) is 0.927. The van der Waals surface area contributed by atoms with Crippen molar-refractivity contribution in [2.24, 2.45) is 5.41 Å². The first-order valence-corrected chi connectivity index (χ1v) is 9.21. The van der Waals surface area contributed by atoms with E-state index in [1.54, 1.807) is 7.11 Å². The third kappa shape index (κ3) is 2.91. The SMILES string of the molecule is COc1ccc(N2C(=O)C(C)(OCc3ccccc3)C2C2(C)COC2)cc1. The van der Waals surface area contributed by atoms with Crippen LogP contribution in [0.1, 0.15) is 19.4 Å². The van der Waals surface area contributed by atoms with Gasteiger partial charge in [0.2, 0.25) is 0 Å². The lowest BCUT2D eigenvalue weighted by Crippen LogP contribution is -2.81. The summed E-state index contributed by atoms with van der Waals surface area (Å²) in [6, 6.07) is 17.5. The fraction of sp³-hybridized carbons (Fsp3) is 0.409. The van der Waals surface area contributed by atoms with Crippen LogP contribution in [0.25, 0.3) is 0 Å². The van der Waals surface area contributed by atoms with E-state index in [1.807, 2.05) is 66.4 Å². The summed E-state index contributed by atoms with van der Waals surface area (Å²) in [6.07, 6.45) is 0. The summed E-state index contributed by atoms with van der Waals surface area (Å²) >= 11 is 0. The number of hydrogen-bond donors (Lipinski definition) is 0. The molecule has 2 aliphatic rings. The Kier molecular flexibility index (Phi) is 4.44. The maximum absolute atomic E-state index is 13.2. The summed E-state index contributed by atoms with van der Waals surface area (Å²) < 4.78 is 17.0. The smallest absolute Gasteiger partial charge is 0.261 e. The van der Waals surface area contributed by atoms with Crippen molar-refractivity contribution in [1.29, 1.82) is 0 Å². The number of β-lactam (4-membered cyclic amide) rings is 1. The zero-order chi connectivity index (χ0) is 19.1. The molecule has 0 saturated carbocycles. The lowest BCUT2D eigenvalue weighted by Gasteiger charge is -2.62. The lowest BCUT2D eigenvalue weighted by atomic mass is 9.65.